The van der Waals surface area contributed by atoms with E-state index in [1.165, 1.54) is 12.5 Å². The first-order valence-corrected chi connectivity index (χ1v) is 11.0. The molecule has 0 saturated carbocycles. The lowest BCUT2D eigenvalue weighted by Gasteiger charge is -2.17. The molecule has 1 atom stereocenters. The van der Waals surface area contributed by atoms with Crippen molar-refractivity contribution in [3.05, 3.63) is 23.4 Å². The van der Waals surface area contributed by atoms with Crippen LogP contribution in [0.1, 0.15) is 31.0 Å². The van der Waals surface area contributed by atoms with Gasteiger partial charge in [0.2, 0.25) is 5.91 Å². The molecule has 0 saturated heterocycles. The van der Waals surface area contributed by atoms with Crippen LogP contribution in [0.3, 0.4) is 0 Å². The molecule has 204 valence electrons. The largest absolute Gasteiger partial charge is 0.490 e. The average Bonchev–Trinajstić information content (AvgIpc) is 2.76. The number of rotatable bonds is 7. The van der Waals surface area contributed by atoms with E-state index in [2.05, 4.69) is 21.7 Å². The molecule has 17 heteroatoms. The van der Waals surface area contributed by atoms with Crippen LogP contribution in [0.15, 0.2) is 12.1 Å². The molecule has 1 aromatic heterocycles. The summed E-state index contributed by atoms with van der Waals surface area (Å²) in [6.07, 6.45) is -7.64. The second-order valence-corrected chi connectivity index (χ2v) is 7.98. The monoisotopic (exact) mass is 551 g/mol. The van der Waals surface area contributed by atoms with Gasteiger partial charge in [0.25, 0.3) is 0 Å². The summed E-state index contributed by atoms with van der Waals surface area (Å²) in [5, 5.41) is 28.7. The van der Waals surface area contributed by atoms with Gasteiger partial charge in [0.1, 0.15) is 11.9 Å². The van der Waals surface area contributed by atoms with Gasteiger partial charge in [-0.15, -0.1) is 0 Å². The maximum atomic E-state index is 11.5. The first kappa shape index (κ1) is 32.8. The van der Waals surface area contributed by atoms with Crippen molar-refractivity contribution in [3.8, 4) is 0 Å². The maximum Gasteiger partial charge on any atom is 0.490 e. The lowest BCUT2D eigenvalue weighted by atomic mass is 10.1. The van der Waals surface area contributed by atoms with Crippen LogP contribution in [0.25, 0.3) is 0 Å². The first-order chi connectivity index (χ1) is 16.4. The van der Waals surface area contributed by atoms with Gasteiger partial charge < -0.3 is 26.0 Å². The zero-order chi connectivity index (χ0) is 28.1. The third-order valence-electron chi connectivity index (χ3n) is 3.91. The SMILES string of the molecule is CC(NC(=O)CCSCc1ccc2c(n1)NCCC2)C(=O)O.O=C(O)C(F)(F)F.O=C(O)C(F)(F)F. The van der Waals surface area contributed by atoms with E-state index in [1.807, 2.05) is 6.07 Å². The van der Waals surface area contributed by atoms with Crippen molar-refractivity contribution in [1.29, 1.82) is 0 Å². The number of hydrogen-bond acceptors (Lipinski definition) is 7. The zero-order valence-electron chi connectivity index (χ0n) is 18.6. The second-order valence-electron chi connectivity index (χ2n) is 6.88. The van der Waals surface area contributed by atoms with Gasteiger partial charge in [0, 0.05) is 24.5 Å². The minimum absolute atomic E-state index is 0.234. The molecule has 2 heterocycles. The summed E-state index contributed by atoms with van der Waals surface area (Å²) < 4.78 is 63.5. The van der Waals surface area contributed by atoms with Gasteiger partial charge in [-0.25, -0.2) is 14.6 Å². The molecule has 1 aromatic rings. The van der Waals surface area contributed by atoms with E-state index >= 15 is 0 Å². The number of fused-ring (bicyclic) bond motifs is 1. The number of carbonyl (C=O) groups excluding carboxylic acids is 1. The van der Waals surface area contributed by atoms with Gasteiger partial charge in [-0.1, -0.05) is 6.07 Å². The Labute approximate surface area is 204 Å². The Morgan fingerprint density at radius 1 is 1.06 bits per heavy atom. The Balaban J connectivity index is 0.000000720. The molecule has 0 fully saturated rings. The Morgan fingerprint density at radius 3 is 2.06 bits per heavy atom. The predicted octanol–water partition coefficient (Wildman–Crippen LogP) is 2.92. The Morgan fingerprint density at radius 2 is 1.58 bits per heavy atom. The van der Waals surface area contributed by atoms with Crippen molar-refractivity contribution >= 4 is 41.4 Å². The van der Waals surface area contributed by atoms with E-state index in [4.69, 9.17) is 24.9 Å². The number of hydrogen-bond donors (Lipinski definition) is 5. The third kappa shape index (κ3) is 14.2. The van der Waals surface area contributed by atoms with Crippen LogP contribution in [0.2, 0.25) is 0 Å². The minimum atomic E-state index is -5.08. The topological polar surface area (TPSA) is 166 Å². The highest BCUT2D eigenvalue weighted by Crippen LogP contribution is 2.21. The predicted molar refractivity (Wildman–Crippen MR) is 114 cm³/mol. The Bertz CT molecular complexity index is 888. The fourth-order valence-electron chi connectivity index (χ4n) is 2.17. The molecule has 0 bridgehead atoms. The average molecular weight is 551 g/mol. The molecular weight excluding hydrogens is 528 g/mol. The highest BCUT2D eigenvalue weighted by molar-refractivity contribution is 7.98. The molecule has 0 spiro atoms. The third-order valence-corrected chi connectivity index (χ3v) is 4.90. The molecule has 2 rings (SSSR count). The number of carbonyl (C=O) groups is 4. The molecule has 5 N–H and O–H groups in total. The fraction of sp³-hybridized carbons (Fsp3) is 0.526. The molecule has 0 radical (unpaired) electrons. The molecule has 0 aliphatic carbocycles. The molecule has 0 aromatic carbocycles. The quantitative estimate of drug-likeness (QED) is 0.251. The van der Waals surface area contributed by atoms with Crippen LogP contribution in [0, 0.1) is 0 Å². The van der Waals surface area contributed by atoms with Gasteiger partial charge in [-0.05, 0) is 31.4 Å². The lowest BCUT2D eigenvalue weighted by Crippen LogP contribution is -2.38. The van der Waals surface area contributed by atoms with Crippen LogP contribution in [0.5, 0.6) is 0 Å². The summed E-state index contributed by atoms with van der Waals surface area (Å²) in [5.41, 5.74) is 2.26. The number of anilines is 1. The summed E-state index contributed by atoms with van der Waals surface area (Å²) in [7, 11) is 0. The standard InChI is InChI=1S/C15H21N3O3S.2C2HF3O2/c1-10(15(20)21)17-13(19)6-8-22-9-12-5-4-11-3-2-7-16-14(11)18-12;2*3-2(4,5)1(6)7/h4-5,10H,2-3,6-9H2,1H3,(H,16,18)(H,17,19)(H,20,21);2*(H,6,7). The summed E-state index contributed by atoms with van der Waals surface area (Å²) >= 11 is 1.62. The molecule has 1 unspecified atom stereocenters. The van der Waals surface area contributed by atoms with Crippen LogP contribution < -0.4 is 10.6 Å². The van der Waals surface area contributed by atoms with E-state index in [0.717, 1.165) is 36.7 Å². The smallest absolute Gasteiger partial charge is 0.480 e. The number of halogens is 6. The van der Waals surface area contributed by atoms with Crippen molar-refractivity contribution in [1.82, 2.24) is 10.3 Å². The summed E-state index contributed by atoms with van der Waals surface area (Å²) in [4.78, 5) is 44.6. The van der Waals surface area contributed by atoms with Crippen LogP contribution >= 0.6 is 11.8 Å². The maximum absolute atomic E-state index is 11.5. The van der Waals surface area contributed by atoms with Crippen molar-refractivity contribution in [2.24, 2.45) is 0 Å². The van der Waals surface area contributed by atoms with Gasteiger partial charge in [-0.2, -0.15) is 38.1 Å². The van der Waals surface area contributed by atoms with Gasteiger partial charge >= 0.3 is 30.3 Å². The first-order valence-electron chi connectivity index (χ1n) is 9.88. The highest BCUT2D eigenvalue weighted by Gasteiger charge is 2.38. The van der Waals surface area contributed by atoms with E-state index in [1.54, 1.807) is 11.8 Å². The van der Waals surface area contributed by atoms with E-state index < -0.39 is 36.3 Å². The molecule has 10 nitrogen and oxygen atoms in total. The number of pyridine rings is 1. The molecule has 1 aliphatic heterocycles. The summed E-state index contributed by atoms with van der Waals surface area (Å²) in [6, 6.07) is 3.31. The van der Waals surface area contributed by atoms with Crippen LogP contribution in [-0.4, -0.2) is 74.8 Å². The molecular formula is C19H23F6N3O7S. The van der Waals surface area contributed by atoms with Crippen LogP contribution in [0.4, 0.5) is 32.2 Å². The highest BCUT2D eigenvalue weighted by atomic mass is 32.2. The molecule has 1 aliphatic rings. The molecule has 1 amide bonds. The number of aromatic nitrogens is 1. The lowest BCUT2D eigenvalue weighted by molar-refractivity contribution is -0.193. The number of aryl methyl sites for hydroxylation is 1. The number of carboxylic acids is 3. The van der Waals surface area contributed by atoms with Crippen molar-refractivity contribution in [3.63, 3.8) is 0 Å². The van der Waals surface area contributed by atoms with Crippen molar-refractivity contribution in [2.75, 3.05) is 17.6 Å². The number of aliphatic carboxylic acids is 3. The number of thioether (sulfide) groups is 1. The second kappa shape index (κ2) is 15.0. The number of nitrogens with zero attached hydrogens (tertiary/aromatic N) is 1. The zero-order valence-corrected chi connectivity index (χ0v) is 19.4. The fourth-order valence-corrected chi connectivity index (χ4v) is 3.01. The van der Waals surface area contributed by atoms with Gasteiger partial charge in [0.15, 0.2) is 0 Å². The number of alkyl halides is 6. The normalized spacial score (nSPS) is 13.3. The van der Waals surface area contributed by atoms with E-state index in [0.29, 0.717) is 12.2 Å². The molecule has 36 heavy (non-hydrogen) atoms. The van der Waals surface area contributed by atoms with E-state index in [-0.39, 0.29) is 5.91 Å². The van der Waals surface area contributed by atoms with Crippen molar-refractivity contribution in [2.45, 2.75) is 50.3 Å². The van der Waals surface area contributed by atoms with Crippen LogP contribution in [-0.2, 0) is 31.4 Å². The van der Waals surface area contributed by atoms with Gasteiger partial charge in [0.05, 0.1) is 5.69 Å². The Hall–Kier alpha value is -3.24. The summed E-state index contributed by atoms with van der Waals surface area (Å²) in [5.74, 6) is -4.40. The van der Waals surface area contributed by atoms with Gasteiger partial charge in [-0.3, -0.25) is 9.59 Å². The number of nitrogens with one attached hydrogen (secondary N) is 2. The minimum Gasteiger partial charge on any atom is -0.480 e. The van der Waals surface area contributed by atoms with E-state index in [9.17, 15) is 35.9 Å². The number of amides is 1. The summed E-state index contributed by atoms with van der Waals surface area (Å²) in [6.45, 7) is 2.43. The Kier molecular flexibility index (Phi) is 13.6. The van der Waals surface area contributed by atoms with Crippen molar-refractivity contribution < 1.29 is 60.8 Å². The number of carboxylic acid groups (broad SMARTS) is 3.